The number of halogens is 2. The molecule has 0 atom stereocenters. The van der Waals surface area contributed by atoms with Gasteiger partial charge in [0.15, 0.2) is 0 Å². The molecule has 5 heteroatoms. The van der Waals surface area contributed by atoms with E-state index in [-0.39, 0.29) is 0 Å². The maximum absolute atomic E-state index is 6.32. The van der Waals surface area contributed by atoms with Gasteiger partial charge in [-0.05, 0) is 51.0 Å². The Labute approximate surface area is 129 Å². The van der Waals surface area contributed by atoms with Crippen molar-refractivity contribution < 1.29 is 0 Å². The van der Waals surface area contributed by atoms with Crippen molar-refractivity contribution in [1.29, 1.82) is 0 Å². The van der Waals surface area contributed by atoms with Crippen molar-refractivity contribution in [3.05, 3.63) is 29.0 Å². The molecule has 108 valence electrons. The van der Waals surface area contributed by atoms with Crippen LogP contribution in [0.1, 0.15) is 25.1 Å². The zero-order valence-electron chi connectivity index (χ0n) is 11.5. The van der Waals surface area contributed by atoms with Gasteiger partial charge in [0.25, 0.3) is 0 Å². The number of para-hydroxylation sites is 1. The van der Waals surface area contributed by atoms with Crippen LogP contribution in [0.4, 0.5) is 0 Å². The first-order valence-electron chi connectivity index (χ1n) is 7.21. The van der Waals surface area contributed by atoms with Gasteiger partial charge in [-0.3, -0.25) is 0 Å². The number of nitrogens with zero attached hydrogens (tertiary/aromatic N) is 3. The summed E-state index contributed by atoms with van der Waals surface area (Å²) in [4.78, 5) is 7.10. The molecule has 0 amide bonds. The number of rotatable bonds is 5. The minimum absolute atomic E-state index is 0.425. The molecule has 1 aromatic heterocycles. The molecular weight excluding hydrogens is 293 g/mol. The molecule has 0 bridgehead atoms. The zero-order chi connectivity index (χ0) is 13.9. The van der Waals surface area contributed by atoms with Crippen LogP contribution in [0.3, 0.4) is 0 Å². The van der Waals surface area contributed by atoms with E-state index >= 15 is 0 Å². The molecule has 1 saturated heterocycles. The van der Waals surface area contributed by atoms with E-state index in [0.717, 1.165) is 41.4 Å². The highest BCUT2D eigenvalue weighted by molar-refractivity contribution is 6.35. The number of fused-ring (bicyclic) bond motifs is 1. The number of aryl methyl sites for hydroxylation is 1. The molecule has 0 saturated carbocycles. The second kappa shape index (κ2) is 6.33. The lowest BCUT2D eigenvalue weighted by molar-refractivity contribution is 0.325. The van der Waals surface area contributed by atoms with Gasteiger partial charge in [0.1, 0.15) is 5.82 Å². The van der Waals surface area contributed by atoms with E-state index in [9.17, 15) is 0 Å². The molecule has 1 aliphatic heterocycles. The molecule has 3 nitrogen and oxygen atoms in total. The quantitative estimate of drug-likeness (QED) is 0.780. The Morgan fingerprint density at radius 1 is 1.15 bits per heavy atom. The Morgan fingerprint density at radius 3 is 2.70 bits per heavy atom. The fourth-order valence-electron chi connectivity index (χ4n) is 2.99. The van der Waals surface area contributed by atoms with Crippen LogP contribution in [0.5, 0.6) is 0 Å². The molecule has 3 rings (SSSR count). The van der Waals surface area contributed by atoms with E-state index in [1.54, 1.807) is 0 Å². The monoisotopic (exact) mass is 311 g/mol. The van der Waals surface area contributed by atoms with Gasteiger partial charge in [-0.2, -0.15) is 0 Å². The molecule has 0 radical (unpaired) electrons. The van der Waals surface area contributed by atoms with Crippen molar-refractivity contribution in [2.45, 2.75) is 31.7 Å². The molecule has 0 N–H and O–H groups in total. The van der Waals surface area contributed by atoms with Gasteiger partial charge in [-0.1, -0.05) is 17.7 Å². The summed E-state index contributed by atoms with van der Waals surface area (Å²) in [6, 6.07) is 5.85. The molecular formula is C15H19Cl2N3. The Morgan fingerprint density at radius 2 is 1.95 bits per heavy atom. The number of hydrogen-bond acceptors (Lipinski definition) is 2. The molecule has 1 aliphatic rings. The van der Waals surface area contributed by atoms with Gasteiger partial charge in [-0.15, -0.1) is 11.6 Å². The van der Waals surface area contributed by atoms with Crippen molar-refractivity contribution in [1.82, 2.24) is 14.5 Å². The maximum atomic E-state index is 6.32. The molecule has 0 spiro atoms. The summed E-state index contributed by atoms with van der Waals surface area (Å²) in [5, 5.41) is 0.757. The van der Waals surface area contributed by atoms with E-state index < -0.39 is 0 Å². The van der Waals surface area contributed by atoms with E-state index in [0.29, 0.717) is 5.88 Å². The summed E-state index contributed by atoms with van der Waals surface area (Å²) in [6.45, 7) is 4.56. The molecule has 0 unspecified atom stereocenters. The summed E-state index contributed by atoms with van der Waals surface area (Å²) < 4.78 is 2.18. The second-order valence-electron chi connectivity index (χ2n) is 5.32. The SMILES string of the molecule is ClCc1nc2cccc(Cl)c2n1CCCN1CCCC1. The summed E-state index contributed by atoms with van der Waals surface area (Å²) in [7, 11) is 0. The lowest BCUT2D eigenvalue weighted by atomic mass is 10.3. The molecule has 0 aliphatic carbocycles. The van der Waals surface area contributed by atoms with Crippen LogP contribution in [0, 0.1) is 0 Å². The number of imidazole rings is 1. The number of alkyl halides is 1. The molecule has 1 aromatic carbocycles. The van der Waals surface area contributed by atoms with Crippen LogP contribution in [0.2, 0.25) is 5.02 Å². The Bertz CT molecular complexity index is 588. The predicted molar refractivity (Wildman–Crippen MR) is 84.6 cm³/mol. The number of aromatic nitrogens is 2. The van der Waals surface area contributed by atoms with Crippen molar-refractivity contribution in [3.8, 4) is 0 Å². The van der Waals surface area contributed by atoms with Gasteiger partial charge in [0.05, 0.1) is 21.9 Å². The third-order valence-corrected chi connectivity index (χ3v) is 4.51. The summed E-state index contributed by atoms with van der Waals surface area (Å²) in [6.07, 6.45) is 3.79. The molecule has 2 aromatic rings. The predicted octanol–water partition coefficient (Wildman–Crippen LogP) is 3.91. The van der Waals surface area contributed by atoms with Crippen molar-refractivity contribution in [3.63, 3.8) is 0 Å². The molecule has 2 heterocycles. The Balaban J connectivity index is 1.78. The third-order valence-electron chi connectivity index (χ3n) is 3.97. The summed E-state index contributed by atoms with van der Waals surface area (Å²) in [5.74, 6) is 1.34. The number of benzene rings is 1. The fourth-order valence-corrected chi connectivity index (χ4v) is 3.47. The van der Waals surface area contributed by atoms with Crippen LogP contribution in [-0.2, 0) is 12.4 Å². The first-order valence-corrected chi connectivity index (χ1v) is 8.13. The summed E-state index contributed by atoms with van der Waals surface area (Å²) >= 11 is 12.3. The lowest BCUT2D eigenvalue weighted by Gasteiger charge is -2.15. The van der Waals surface area contributed by atoms with E-state index in [1.165, 1.54) is 25.9 Å². The molecule has 20 heavy (non-hydrogen) atoms. The Kier molecular flexibility index (Phi) is 4.49. The highest BCUT2D eigenvalue weighted by Gasteiger charge is 2.14. The normalized spacial score (nSPS) is 16.3. The van der Waals surface area contributed by atoms with Gasteiger partial charge < -0.3 is 9.47 Å². The highest BCUT2D eigenvalue weighted by atomic mass is 35.5. The number of likely N-dealkylation sites (tertiary alicyclic amines) is 1. The first kappa shape index (κ1) is 14.2. The topological polar surface area (TPSA) is 21.1 Å². The van der Waals surface area contributed by atoms with Crippen LogP contribution in [0.25, 0.3) is 11.0 Å². The van der Waals surface area contributed by atoms with Crippen molar-refractivity contribution in [2.75, 3.05) is 19.6 Å². The van der Waals surface area contributed by atoms with Gasteiger partial charge in [0, 0.05) is 6.54 Å². The van der Waals surface area contributed by atoms with Crippen molar-refractivity contribution in [2.24, 2.45) is 0 Å². The third kappa shape index (κ3) is 2.80. The van der Waals surface area contributed by atoms with Crippen LogP contribution >= 0.6 is 23.2 Å². The van der Waals surface area contributed by atoms with Gasteiger partial charge >= 0.3 is 0 Å². The van der Waals surface area contributed by atoms with Crippen LogP contribution in [0.15, 0.2) is 18.2 Å². The van der Waals surface area contributed by atoms with Gasteiger partial charge in [-0.25, -0.2) is 4.98 Å². The number of hydrogen-bond donors (Lipinski definition) is 0. The van der Waals surface area contributed by atoms with E-state index in [2.05, 4.69) is 14.5 Å². The van der Waals surface area contributed by atoms with Crippen LogP contribution in [-0.4, -0.2) is 34.1 Å². The van der Waals surface area contributed by atoms with E-state index in [1.807, 2.05) is 18.2 Å². The second-order valence-corrected chi connectivity index (χ2v) is 6.00. The zero-order valence-corrected chi connectivity index (χ0v) is 13.0. The standard InChI is InChI=1S/C15H19Cl2N3/c16-11-14-18-13-6-3-5-12(17)15(13)20(14)10-4-9-19-7-1-2-8-19/h3,5-6H,1-2,4,7-11H2. The first-order chi connectivity index (χ1) is 9.79. The summed E-state index contributed by atoms with van der Waals surface area (Å²) in [5.41, 5.74) is 1.96. The van der Waals surface area contributed by atoms with Crippen LogP contribution < -0.4 is 0 Å². The lowest BCUT2D eigenvalue weighted by Crippen LogP contribution is -2.21. The van der Waals surface area contributed by atoms with Crippen molar-refractivity contribution >= 4 is 34.2 Å². The minimum Gasteiger partial charge on any atom is -0.326 e. The average molecular weight is 312 g/mol. The van der Waals surface area contributed by atoms with Gasteiger partial charge in [0.2, 0.25) is 0 Å². The largest absolute Gasteiger partial charge is 0.326 e. The molecule has 1 fully saturated rings. The van der Waals surface area contributed by atoms with E-state index in [4.69, 9.17) is 23.2 Å². The Hall–Kier alpha value is -0.770. The maximum Gasteiger partial charge on any atom is 0.124 e. The fraction of sp³-hybridized carbons (Fsp3) is 0.533. The minimum atomic E-state index is 0.425. The smallest absolute Gasteiger partial charge is 0.124 e. The average Bonchev–Trinajstić information content (AvgIpc) is 3.07. The highest BCUT2D eigenvalue weighted by Crippen LogP contribution is 2.25.